The van der Waals surface area contributed by atoms with Gasteiger partial charge in [0.1, 0.15) is 6.04 Å². The highest BCUT2D eigenvalue weighted by molar-refractivity contribution is 7.92. The summed E-state index contributed by atoms with van der Waals surface area (Å²) in [5, 5.41) is 1.06. The minimum absolute atomic E-state index is 0.155. The van der Waals surface area contributed by atoms with Crippen LogP contribution in [0.3, 0.4) is 0 Å². The quantitative estimate of drug-likeness (QED) is 0.783. The fraction of sp³-hybridized carbons (Fsp3) is 0.400. The summed E-state index contributed by atoms with van der Waals surface area (Å²) < 4.78 is 31.1. The molecular formula is C15H21NO4S. The molecule has 1 N–H and O–H groups in total. The topological polar surface area (TPSA) is 72.5 Å². The average molecular weight is 311 g/mol. The summed E-state index contributed by atoms with van der Waals surface area (Å²) in [5.74, 6) is -0.738. The Morgan fingerprint density at radius 2 is 1.95 bits per heavy atom. The first-order valence-corrected chi connectivity index (χ1v) is 8.27. The number of benzene rings is 1. The van der Waals surface area contributed by atoms with Crippen LogP contribution in [0.1, 0.15) is 25.8 Å². The Balaban J connectivity index is 2.86. The van der Waals surface area contributed by atoms with Crippen molar-refractivity contribution in [1.82, 2.24) is 4.72 Å². The van der Waals surface area contributed by atoms with Gasteiger partial charge in [-0.05, 0) is 17.6 Å². The second kappa shape index (κ2) is 7.95. The second-order valence-corrected chi connectivity index (χ2v) is 6.36. The molecule has 0 saturated carbocycles. The van der Waals surface area contributed by atoms with E-state index in [4.69, 9.17) is 0 Å². The van der Waals surface area contributed by atoms with E-state index in [1.165, 1.54) is 13.2 Å². The van der Waals surface area contributed by atoms with Gasteiger partial charge in [0.15, 0.2) is 0 Å². The molecule has 0 amide bonds. The fourth-order valence-electron chi connectivity index (χ4n) is 1.71. The maximum absolute atomic E-state index is 12.0. The molecule has 0 fully saturated rings. The lowest BCUT2D eigenvalue weighted by Crippen LogP contribution is -2.44. The third kappa shape index (κ3) is 5.69. The van der Waals surface area contributed by atoms with Crippen molar-refractivity contribution in [2.75, 3.05) is 7.11 Å². The van der Waals surface area contributed by atoms with Crippen LogP contribution in [0.4, 0.5) is 0 Å². The minimum atomic E-state index is -3.72. The number of sulfonamides is 1. The first-order chi connectivity index (χ1) is 9.89. The van der Waals surface area contributed by atoms with E-state index in [1.54, 1.807) is 19.1 Å². The SMILES string of the molecule is CC[C@H](C)[C@H](NS(=O)(=O)/C=C/c1ccccc1)C(=O)OC. The Hall–Kier alpha value is -1.66. The molecule has 0 aliphatic heterocycles. The van der Waals surface area contributed by atoms with Crippen LogP contribution in [-0.4, -0.2) is 27.5 Å². The summed E-state index contributed by atoms with van der Waals surface area (Å²) in [5.41, 5.74) is 0.765. The van der Waals surface area contributed by atoms with Crippen LogP contribution in [0.5, 0.6) is 0 Å². The van der Waals surface area contributed by atoms with Gasteiger partial charge in [0.05, 0.1) is 7.11 Å². The van der Waals surface area contributed by atoms with Gasteiger partial charge in [-0.1, -0.05) is 50.6 Å². The predicted octanol–water partition coefficient (Wildman–Crippen LogP) is 2.16. The molecule has 1 aromatic rings. The highest BCUT2D eigenvalue weighted by atomic mass is 32.2. The van der Waals surface area contributed by atoms with Crippen LogP contribution in [0, 0.1) is 5.92 Å². The lowest BCUT2D eigenvalue weighted by atomic mass is 10.0. The number of hydrogen-bond donors (Lipinski definition) is 1. The lowest BCUT2D eigenvalue weighted by molar-refractivity contribution is -0.143. The zero-order chi connectivity index (χ0) is 15.9. The van der Waals surface area contributed by atoms with Gasteiger partial charge in [0.25, 0.3) is 0 Å². The van der Waals surface area contributed by atoms with E-state index in [0.717, 1.165) is 11.0 Å². The molecule has 0 aromatic heterocycles. The molecular weight excluding hydrogens is 290 g/mol. The van der Waals surface area contributed by atoms with Gasteiger partial charge in [-0.3, -0.25) is 4.79 Å². The fourth-order valence-corrected chi connectivity index (χ4v) is 2.81. The van der Waals surface area contributed by atoms with E-state index >= 15 is 0 Å². The Morgan fingerprint density at radius 1 is 1.33 bits per heavy atom. The number of carbonyl (C=O) groups is 1. The van der Waals surface area contributed by atoms with E-state index in [1.807, 2.05) is 25.1 Å². The molecule has 21 heavy (non-hydrogen) atoms. The van der Waals surface area contributed by atoms with Crippen molar-refractivity contribution in [3.63, 3.8) is 0 Å². The highest BCUT2D eigenvalue weighted by Crippen LogP contribution is 2.11. The molecule has 0 radical (unpaired) electrons. The van der Waals surface area contributed by atoms with Gasteiger partial charge >= 0.3 is 5.97 Å². The number of rotatable bonds is 7. The first-order valence-electron chi connectivity index (χ1n) is 6.73. The summed E-state index contributed by atoms with van der Waals surface area (Å²) in [6.07, 6.45) is 2.14. The van der Waals surface area contributed by atoms with Gasteiger partial charge in [0, 0.05) is 5.41 Å². The molecule has 116 valence electrons. The second-order valence-electron chi connectivity index (χ2n) is 4.76. The number of ether oxygens (including phenoxy) is 1. The van der Waals surface area contributed by atoms with Crippen LogP contribution in [0.25, 0.3) is 6.08 Å². The van der Waals surface area contributed by atoms with Crippen molar-refractivity contribution in [2.24, 2.45) is 5.92 Å². The van der Waals surface area contributed by atoms with Crippen molar-refractivity contribution < 1.29 is 17.9 Å². The van der Waals surface area contributed by atoms with Gasteiger partial charge in [0.2, 0.25) is 10.0 Å². The molecule has 6 heteroatoms. The molecule has 0 saturated heterocycles. The third-order valence-electron chi connectivity index (χ3n) is 3.20. The number of nitrogens with one attached hydrogen (secondary N) is 1. The van der Waals surface area contributed by atoms with Gasteiger partial charge in [-0.25, -0.2) is 8.42 Å². The molecule has 0 spiro atoms. The van der Waals surface area contributed by atoms with E-state index in [2.05, 4.69) is 9.46 Å². The van der Waals surface area contributed by atoms with Crippen LogP contribution < -0.4 is 4.72 Å². The first kappa shape index (κ1) is 17.4. The average Bonchev–Trinajstić information content (AvgIpc) is 2.50. The van der Waals surface area contributed by atoms with Crippen molar-refractivity contribution in [1.29, 1.82) is 0 Å². The van der Waals surface area contributed by atoms with Gasteiger partial charge in [-0.15, -0.1) is 0 Å². The Morgan fingerprint density at radius 3 is 2.48 bits per heavy atom. The molecule has 5 nitrogen and oxygen atoms in total. The Labute approximate surface area is 126 Å². The molecule has 0 heterocycles. The summed E-state index contributed by atoms with van der Waals surface area (Å²) in [7, 11) is -2.48. The van der Waals surface area contributed by atoms with Crippen molar-refractivity contribution in [2.45, 2.75) is 26.3 Å². The molecule has 0 bridgehead atoms. The summed E-state index contributed by atoms with van der Waals surface area (Å²) in [4.78, 5) is 11.7. The molecule has 2 atom stereocenters. The van der Waals surface area contributed by atoms with Crippen LogP contribution in [-0.2, 0) is 19.6 Å². The molecule has 1 aromatic carbocycles. The van der Waals surface area contributed by atoms with Crippen molar-refractivity contribution in [3.05, 3.63) is 41.3 Å². The molecule has 1 rings (SSSR count). The number of methoxy groups -OCH3 is 1. The maximum atomic E-state index is 12.0. The lowest BCUT2D eigenvalue weighted by Gasteiger charge is -2.20. The minimum Gasteiger partial charge on any atom is -0.468 e. The Kier molecular flexibility index (Phi) is 6.58. The van der Waals surface area contributed by atoms with E-state index < -0.39 is 22.0 Å². The third-order valence-corrected chi connectivity index (χ3v) is 4.28. The maximum Gasteiger partial charge on any atom is 0.324 e. The summed E-state index contributed by atoms with van der Waals surface area (Å²) >= 11 is 0. The van der Waals surface area contributed by atoms with Crippen molar-refractivity contribution in [3.8, 4) is 0 Å². The summed E-state index contributed by atoms with van der Waals surface area (Å²) in [6, 6.07) is 8.18. The monoisotopic (exact) mass is 311 g/mol. The van der Waals surface area contributed by atoms with E-state index in [9.17, 15) is 13.2 Å². The predicted molar refractivity (Wildman–Crippen MR) is 82.8 cm³/mol. The molecule has 0 aliphatic carbocycles. The van der Waals surface area contributed by atoms with Crippen LogP contribution in [0.15, 0.2) is 35.7 Å². The number of esters is 1. The van der Waals surface area contributed by atoms with Crippen LogP contribution >= 0.6 is 0 Å². The normalized spacial score (nSPS) is 14.8. The zero-order valence-corrected chi connectivity index (χ0v) is 13.3. The van der Waals surface area contributed by atoms with Crippen LogP contribution in [0.2, 0.25) is 0 Å². The van der Waals surface area contributed by atoms with Crippen molar-refractivity contribution >= 4 is 22.1 Å². The van der Waals surface area contributed by atoms with E-state index in [0.29, 0.717) is 6.42 Å². The van der Waals surface area contributed by atoms with Gasteiger partial charge in [-0.2, -0.15) is 4.72 Å². The standard InChI is InChI=1S/C15H21NO4S/c1-4-12(2)14(15(17)20-3)16-21(18,19)11-10-13-8-6-5-7-9-13/h5-12,14,16H,4H2,1-3H3/b11-10+/t12-,14-/m0/s1. The largest absolute Gasteiger partial charge is 0.468 e. The molecule has 0 unspecified atom stereocenters. The number of hydrogen-bond acceptors (Lipinski definition) is 4. The highest BCUT2D eigenvalue weighted by Gasteiger charge is 2.28. The zero-order valence-electron chi connectivity index (χ0n) is 12.4. The molecule has 0 aliphatic rings. The number of carbonyl (C=O) groups excluding carboxylic acids is 1. The van der Waals surface area contributed by atoms with E-state index in [-0.39, 0.29) is 5.92 Å². The smallest absolute Gasteiger partial charge is 0.324 e. The summed E-state index contributed by atoms with van der Waals surface area (Å²) in [6.45, 7) is 3.68. The van der Waals surface area contributed by atoms with Gasteiger partial charge < -0.3 is 4.74 Å². The Bertz CT molecular complexity index is 581.